The lowest BCUT2D eigenvalue weighted by Crippen LogP contribution is -1.91. The van der Waals surface area contributed by atoms with E-state index in [1.807, 2.05) is 42.5 Å². The van der Waals surface area contributed by atoms with E-state index in [0.717, 1.165) is 20.8 Å². The molecule has 98 valence electrons. The van der Waals surface area contributed by atoms with Gasteiger partial charge >= 0.3 is 0 Å². The van der Waals surface area contributed by atoms with Crippen LogP contribution in [0.4, 0.5) is 5.69 Å². The Labute approximate surface area is 124 Å². The second-order valence-electron chi connectivity index (χ2n) is 4.48. The minimum atomic E-state index is -0.347. The van der Waals surface area contributed by atoms with E-state index in [2.05, 4.69) is 15.9 Å². The van der Waals surface area contributed by atoms with E-state index in [-0.39, 0.29) is 10.6 Å². The van der Waals surface area contributed by atoms with Crippen molar-refractivity contribution >= 4 is 32.4 Å². The molecule has 0 amide bonds. The zero-order valence-electron chi connectivity index (χ0n) is 10.4. The van der Waals surface area contributed by atoms with Crippen molar-refractivity contribution in [2.45, 2.75) is 0 Å². The first kappa shape index (κ1) is 12.8. The standard InChI is InChI=1S/C16H10BrNO2/c17-14-8-7-11-5-6-12(9-13(11)10-14)15-3-1-2-4-16(15)18(19)20/h1-10H. The fourth-order valence-corrected chi connectivity index (χ4v) is 2.64. The molecule has 0 spiro atoms. The van der Waals surface area contributed by atoms with Crippen LogP contribution in [0, 0.1) is 10.1 Å². The van der Waals surface area contributed by atoms with Crippen LogP contribution in [0.25, 0.3) is 21.9 Å². The van der Waals surface area contributed by atoms with Gasteiger partial charge in [-0.1, -0.05) is 46.3 Å². The molecule has 3 rings (SSSR count). The smallest absolute Gasteiger partial charge is 0.258 e. The Morgan fingerprint density at radius 3 is 2.45 bits per heavy atom. The quantitative estimate of drug-likeness (QED) is 0.481. The first-order chi connectivity index (χ1) is 9.65. The van der Waals surface area contributed by atoms with E-state index in [0.29, 0.717) is 5.56 Å². The Bertz CT molecular complexity index is 814. The van der Waals surface area contributed by atoms with Crippen molar-refractivity contribution in [1.29, 1.82) is 0 Å². The third kappa shape index (κ3) is 2.30. The first-order valence-electron chi connectivity index (χ1n) is 6.08. The van der Waals surface area contributed by atoms with Gasteiger partial charge in [0.1, 0.15) is 0 Å². The van der Waals surface area contributed by atoms with Crippen LogP contribution >= 0.6 is 15.9 Å². The maximum Gasteiger partial charge on any atom is 0.277 e. The van der Waals surface area contributed by atoms with Crippen LogP contribution in [0.2, 0.25) is 0 Å². The van der Waals surface area contributed by atoms with Gasteiger partial charge in [-0.25, -0.2) is 0 Å². The molecular weight excluding hydrogens is 318 g/mol. The molecule has 0 unspecified atom stereocenters. The highest BCUT2D eigenvalue weighted by Gasteiger charge is 2.14. The van der Waals surface area contributed by atoms with Crippen LogP contribution in [-0.2, 0) is 0 Å². The Kier molecular flexibility index (Phi) is 3.24. The second-order valence-corrected chi connectivity index (χ2v) is 5.40. The van der Waals surface area contributed by atoms with Crippen molar-refractivity contribution in [2.24, 2.45) is 0 Å². The van der Waals surface area contributed by atoms with Crippen LogP contribution in [0.5, 0.6) is 0 Å². The zero-order valence-corrected chi connectivity index (χ0v) is 12.0. The van der Waals surface area contributed by atoms with Crippen LogP contribution in [0.15, 0.2) is 65.1 Å². The number of nitro groups is 1. The van der Waals surface area contributed by atoms with Gasteiger partial charge in [-0.15, -0.1) is 0 Å². The highest BCUT2D eigenvalue weighted by atomic mass is 79.9. The van der Waals surface area contributed by atoms with Gasteiger partial charge in [-0.05, 0) is 40.6 Å². The predicted octanol–water partition coefficient (Wildman–Crippen LogP) is 5.18. The minimum Gasteiger partial charge on any atom is -0.258 e. The zero-order chi connectivity index (χ0) is 14.1. The number of rotatable bonds is 2. The average molecular weight is 328 g/mol. The first-order valence-corrected chi connectivity index (χ1v) is 6.87. The summed E-state index contributed by atoms with van der Waals surface area (Å²) in [6.45, 7) is 0. The van der Waals surface area contributed by atoms with Crippen molar-refractivity contribution in [1.82, 2.24) is 0 Å². The third-order valence-electron chi connectivity index (χ3n) is 3.21. The Hall–Kier alpha value is -2.20. The molecule has 20 heavy (non-hydrogen) atoms. The fraction of sp³-hybridized carbons (Fsp3) is 0. The third-order valence-corrected chi connectivity index (χ3v) is 3.71. The summed E-state index contributed by atoms with van der Waals surface area (Å²) in [5.74, 6) is 0. The molecule has 4 heteroatoms. The van der Waals surface area contributed by atoms with E-state index in [4.69, 9.17) is 0 Å². The summed E-state index contributed by atoms with van der Waals surface area (Å²) in [4.78, 5) is 10.8. The van der Waals surface area contributed by atoms with E-state index in [9.17, 15) is 10.1 Å². The molecule has 0 atom stereocenters. The monoisotopic (exact) mass is 327 g/mol. The average Bonchev–Trinajstić information content (AvgIpc) is 2.46. The molecular formula is C16H10BrNO2. The van der Waals surface area contributed by atoms with Crippen molar-refractivity contribution in [2.75, 3.05) is 0 Å². The number of halogens is 1. The molecule has 0 fully saturated rings. The molecule has 3 aromatic rings. The fourth-order valence-electron chi connectivity index (χ4n) is 2.26. The van der Waals surface area contributed by atoms with Crippen LogP contribution in [0.1, 0.15) is 0 Å². The number of nitro benzene ring substituents is 1. The summed E-state index contributed by atoms with van der Waals surface area (Å²) in [6.07, 6.45) is 0. The predicted molar refractivity (Wildman–Crippen MR) is 83.7 cm³/mol. The molecule has 0 aromatic heterocycles. The van der Waals surface area contributed by atoms with E-state index in [1.54, 1.807) is 12.1 Å². The number of hydrogen-bond acceptors (Lipinski definition) is 2. The Balaban J connectivity index is 2.22. The summed E-state index contributed by atoms with van der Waals surface area (Å²) in [6, 6.07) is 18.7. The van der Waals surface area contributed by atoms with Gasteiger partial charge in [0.2, 0.25) is 0 Å². The van der Waals surface area contributed by atoms with Crippen molar-refractivity contribution in [3.05, 3.63) is 75.3 Å². The Morgan fingerprint density at radius 1 is 0.900 bits per heavy atom. The molecule has 0 aliphatic carbocycles. The molecule has 0 heterocycles. The minimum absolute atomic E-state index is 0.127. The van der Waals surface area contributed by atoms with Gasteiger partial charge < -0.3 is 0 Å². The summed E-state index contributed by atoms with van der Waals surface area (Å²) in [5.41, 5.74) is 1.61. The van der Waals surface area contributed by atoms with Crippen molar-refractivity contribution < 1.29 is 4.92 Å². The molecule has 0 saturated heterocycles. The van der Waals surface area contributed by atoms with Crippen LogP contribution in [0.3, 0.4) is 0 Å². The normalized spacial score (nSPS) is 10.7. The molecule has 3 nitrogen and oxygen atoms in total. The van der Waals surface area contributed by atoms with Gasteiger partial charge in [-0.2, -0.15) is 0 Å². The van der Waals surface area contributed by atoms with Crippen LogP contribution in [-0.4, -0.2) is 4.92 Å². The van der Waals surface area contributed by atoms with Gasteiger partial charge in [0.05, 0.1) is 10.5 Å². The lowest BCUT2D eigenvalue weighted by Gasteiger charge is -2.05. The maximum absolute atomic E-state index is 11.1. The van der Waals surface area contributed by atoms with Gasteiger partial charge in [0.15, 0.2) is 0 Å². The highest BCUT2D eigenvalue weighted by Crippen LogP contribution is 2.32. The number of nitrogens with zero attached hydrogens (tertiary/aromatic N) is 1. The highest BCUT2D eigenvalue weighted by molar-refractivity contribution is 9.10. The van der Waals surface area contributed by atoms with E-state index < -0.39 is 0 Å². The molecule has 0 saturated carbocycles. The summed E-state index contributed by atoms with van der Waals surface area (Å²) < 4.78 is 0.990. The number of para-hydroxylation sites is 1. The van der Waals surface area contributed by atoms with Crippen molar-refractivity contribution in [3.63, 3.8) is 0 Å². The second kappa shape index (κ2) is 5.06. The summed E-state index contributed by atoms with van der Waals surface area (Å²) in [5, 5.41) is 13.3. The maximum atomic E-state index is 11.1. The lowest BCUT2D eigenvalue weighted by molar-refractivity contribution is -0.384. The molecule has 0 bridgehead atoms. The van der Waals surface area contributed by atoms with Gasteiger partial charge in [-0.3, -0.25) is 10.1 Å². The van der Waals surface area contributed by atoms with Gasteiger partial charge in [0.25, 0.3) is 5.69 Å². The van der Waals surface area contributed by atoms with E-state index in [1.165, 1.54) is 6.07 Å². The topological polar surface area (TPSA) is 43.1 Å². The molecule has 0 N–H and O–H groups in total. The largest absolute Gasteiger partial charge is 0.277 e. The van der Waals surface area contributed by atoms with E-state index >= 15 is 0 Å². The van der Waals surface area contributed by atoms with Crippen LogP contribution < -0.4 is 0 Å². The summed E-state index contributed by atoms with van der Waals surface area (Å²) in [7, 11) is 0. The lowest BCUT2D eigenvalue weighted by atomic mass is 10.00. The number of fused-ring (bicyclic) bond motifs is 1. The summed E-state index contributed by atoms with van der Waals surface area (Å²) >= 11 is 3.44. The SMILES string of the molecule is O=[N+]([O-])c1ccccc1-c1ccc2ccc(Br)cc2c1. The molecule has 0 aliphatic heterocycles. The molecule has 0 radical (unpaired) electrons. The molecule has 0 aliphatic rings. The molecule has 3 aromatic carbocycles. The number of benzene rings is 3. The van der Waals surface area contributed by atoms with Crippen molar-refractivity contribution in [3.8, 4) is 11.1 Å². The van der Waals surface area contributed by atoms with Gasteiger partial charge in [0, 0.05) is 10.5 Å². The Morgan fingerprint density at radius 2 is 1.65 bits per heavy atom. The number of hydrogen-bond donors (Lipinski definition) is 0.